The second-order valence-corrected chi connectivity index (χ2v) is 5.93. The van der Waals surface area contributed by atoms with Gasteiger partial charge in [0.25, 0.3) is 0 Å². The van der Waals surface area contributed by atoms with Gasteiger partial charge in [0.15, 0.2) is 0 Å². The maximum Gasteiger partial charge on any atom is 0.243 e. The van der Waals surface area contributed by atoms with Crippen molar-refractivity contribution in [3.63, 3.8) is 0 Å². The van der Waals surface area contributed by atoms with Crippen LogP contribution in [0.2, 0.25) is 0 Å². The van der Waals surface area contributed by atoms with Crippen LogP contribution in [-0.4, -0.2) is 25.8 Å². The van der Waals surface area contributed by atoms with Gasteiger partial charge in [-0.3, -0.25) is 0 Å². The molecule has 1 saturated carbocycles. The van der Waals surface area contributed by atoms with Crippen LogP contribution in [0.3, 0.4) is 0 Å². The molecule has 0 aromatic heterocycles. The van der Waals surface area contributed by atoms with Gasteiger partial charge in [0.1, 0.15) is 5.82 Å². The number of nitrogens with two attached hydrogens (primary N) is 1. The lowest BCUT2D eigenvalue weighted by Gasteiger charge is -2.16. The van der Waals surface area contributed by atoms with Crippen LogP contribution in [0.4, 0.5) is 10.1 Å². The highest BCUT2D eigenvalue weighted by Crippen LogP contribution is 2.31. The molecule has 88 valence electrons. The minimum absolute atomic E-state index is 0.0424. The first kappa shape index (κ1) is 11.3. The first-order valence-corrected chi connectivity index (χ1v) is 6.40. The third kappa shape index (κ3) is 1.90. The van der Waals surface area contributed by atoms with Crippen molar-refractivity contribution in [1.82, 2.24) is 4.31 Å². The zero-order valence-electron chi connectivity index (χ0n) is 8.85. The number of hydrogen-bond acceptors (Lipinski definition) is 3. The molecule has 0 atom stereocenters. The van der Waals surface area contributed by atoms with E-state index in [2.05, 4.69) is 0 Å². The SMILES string of the molecule is CN(C1CC1)S(=O)(=O)c1ccc(F)c(N)c1. The van der Waals surface area contributed by atoms with Gasteiger partial charge in [-0.05, 0) is 31.0 Å². The van der Waals surface area contributed by atoms with Crippen molar-refractivity contribution in [2.75, 3.05) is 12.8 Å². The molecule has 0 radical (unpaired) electrons. The Morgan fingerprint density at radius 2 is 2.06 bits per heavy atom. The van der Waals surface area contributed by atoms with Gasteiger partial charge in [0.2, 0.25) is 10.0 Å². The van der Waals surface area contributed by atoms with Crippen LogP contribution in [0.5, 0.6) is 0 Å². The molecular formula is C10H13FN2O2S. The summed E-state index contributed by atoms with van der Waals surface area (Å²) in [5.41, 5.74) is 5.20. The summed E-state index contributed by atoms with van der Waals surface area (Å²) < 4.78 is 38.3. The molecule has 0 heterocycles. The summed E-state index contributed by atoms with van der Waals surface area (Å²) in [6.07, 6.45) is 1.76. The van der Waals surface area contributed by atoms with Crippen LogP contribution in [0.15, 0.2) is 23.1 Å². The molecule has 0 unspecified atom stereocenters. The zero-order chi connectivity index (χ0) is 11.9. The fourth-order valence-electron chi connectivity index (χ4n) is 1.48. The van der Waals surface area contributed by atoms with Gasteiger partial charge in [-0.15, -0.1) is 0 Å². The van der Waals surface area contributed by atoms with Gasteiger partial charge in [0.05, 0.1) is 10.6 Å². The molecule has 0 amide bonds. The second kappa shape index (κ2) is 3.71. The van der Waals surface area contributed by atoms with Crippen molar-refractivity contribution in [3.05, 3.63) is 24.0 Å². The molecule has 6 heteroatoms. The number of nitrogen functional groups attached to an aromatic ring is 1. The van der Waals surface area contributed by atoms with Crippen LogP contribution in [0.25, 0.3) is 0 Å². The summed E-state index contributed by atoms with van der Waals surface area (Å²) >= 11 is 0. The van der Waals surface area contributed by atoms with E-state index in [4.69, 9.17) is 5.73 Å². The van der Waals surface area contributed by atoms with E-state index in [1.54, 1.807) is 0 Å². The Kier molecular flexibility index (Phi) is 2.63. The maximum atomic E-state index is 12.9. The predicted octanol–water partition coefficient (Wildman–Crippen LogP) is 1.19. The normalized spacial score (nSPS) is 16.7. The van der Waals surface area contributed by atoms with E-state index in [-0.39, 0.29) is 16.6 Å². The number of benzene rings is 1. The van der Waals surface area contributed by atoms with E-state index < -0.39 is 15.8 Å². The molecule has 1 aliphatic carbocycles. The van der Waals surface area contributed by atoms with Crippen LogP contribution in [0, 0.1) is 5.82 Å². The van der Waals surface area contributed by atoms with Crippen molar-refractivity contribution >= 4 is 15.7 Å². The summed E-state index contributed by atoms with van der Waals surface area (Å²) in [5, 5.41) is 0. The molecule has 0 spiro atoms. The number of anilines is 1. The lowest BCUT2D eigenvalue weighted by Crippen LogP contribution is -2.29. The quantitative estimate of drug-likeness (QED) is 0.812. The van der Waals surface area contributed by atoms with Gasteiger partial charge in [-0.25, -0.2) is 12.8 Å². The number of hydrogen-bond donors (Lipinski definition) is 1. The highest BCUT2D eigenvalue weighted by Gasteiger charge is 2.35. The topological polar surface area (TPSA) is 63.4 Å². The molecule has 4 nitrogen and oxygen atoms in total. The first-order chi connectivity index (χ1) is 7.43. The Bertz CT molecular complexity index is 512. The van der Waals surface area contributed by atoms with Gasteiger partial charge in [-0.1, -0.05) is 0 Å². The van der Waals surface area contributed by atoms with Crippen molar-refractivity contribution < 1.29 is 12.8 Å². The number of nitrogens with zero attached hydrogens (tertiary/aromatic N) is 1. The molecular weight excluding hydrogens is 231 g/mol. The van der Waals surface area contributed by atoms with Gasteiger partial charge < -0.3 is 5.73 Å². The van der Waals surface area contributed by atoms with E-state index >= 15 is 0 Å². The highest BCUT2D eigenvalue weighted by molar-refractivity contribution is 7.89. The van der Waals surface area contributed by atoms with Crippen molar-refractivity contribution in [3.8, 4) is 0 Å². The molecule has 0 saturated heterocycles. The highest BCUT2D eigenvalue weighted by atomic mass is 32.2. The van der Waals surface area contributed by atoms with Crippen molar-refractivity contribution in [1.29, 1.82) is 0 Å². The summed E-state index contributed by atoms with van der Waals surface area (Å²) in [6, 6.07) is 3.54. The summed E-state index contributed by atoms with van der Waals surface area (Å²) in [6.45, 7) is 0. The van der Waals surface area contributed by atoms with E-state index in [1.807, 2.05) is 0 Å². The predicted molar refractivity (Wildman–Crippen MR) is 58.8 cm³/mol. The molecule has 1 aromatic rings. The number of sulfonamides is 1. The monoisotopic (exact) mass is 244 g/mol. The standard InChI is InChI=1S/C10H13FN2O2S/c1-13(7-2-3-7)16(14,15)8-4-5-9(11)10(12)6-8/h4-7H,2-3,12H2,1H3. The third-order valence-electron chi connectivity index (χ3n) is 2.71. The Balaban J connectivity index is 2.38. The van der Waals surface area contributed by atoms with Gasteiger partial charge in [0, 0.05) is 13.1 Å². The van der Waals surface area contributed by atoms with Crippen LogP contribution >= 0.6 is 0 Å². The van der Waals surface area contributed by atoms with E-state index in [0.717, 1.165) is 25.0 Å². The minimum atomic E-state index is -3.53. The Hall–Kier alpha value is -1.14. The zero-order valence-corrected chi connectivity index (χ0v) is 9.67. The molecule has 0 bridgehead atoms. The molecule has 1 aromatic carbocycles. The molecule has 2 N–H and O–H groups in total. The van der Waals surface area contributed by atoms with Crippen molar-refractivity contribution in [2.45, 2.75) is 23.8 Å². The van der Waals surface area contributed by atoms with Crippen LogP contribution in [0.1, 0.15) is 12.8 Å². The summed E-state index contributed by atoms with van der Waals surface area (Å²) in [7, 11) is -1.99. The van der Waals surface area contributed by atoms with Gasteiger partial charge >= 0.3 is 0 Å². The third-order valence-corrected chi connectivity index (χ3v) is 4.61. The molecule has 1 aliphatic rings. The molecule has 16 heavy (non-hydrogen) atoms. The summed E-state index contributed by atoms with van der Waals surface area (Å²) in [4.78, 5) is 0.0424. The lowest BCUT2D eigenvalue weighted by atomic mass is 10.3. The second-order valence-electron chi connectivity index (χ2n) is 3.94. The Morgan fingerprint density at radius 1 is 1.44 bits per heavy atom. The fraction of sp³-hybridized carbons (Fsp3) is 0.400. The maximum absolute atomic E-state index is 12.9. The van der Waals surface area contributed by atoms with Crippen LogP contribution in [-0.2, 0) is 10.0 Å². The molecule has 1 fully saturated rings. The van der Waals surface area contributed by atoms with E-state index in [9.17, 15) is 12.8 Å². The van der Waals surface area contributed by atoms with Crippen molar-refractivity contribution in [2.24, 2.45) is 0 Å². The van der Waals surface area contributed by atoms with Crippen LogP contribution < -0.4 is 5.73 Å². The first-order valence-electron chi connectivity index (χ1n) is 4.96. The van der Waals surface area contributed by atoms with E-state index in [1.165, 1.54) is 17.4 Å². The van der Waals surface area contributed by atoms with Gasteiger partial charge in [-0.2, -0.15) is 4.31 Å². The largest absolute Gasteiger partial charge is 0.396 e. The lowest BCUT2D eigenvalue weighted by molar-refractivity contribution is 0.464. The summed E-state index contributed by atoms with van der Waals surface area (Å²) in [5.74, 6) is -0.604. The Labute approximate surface area is 93.9 Å². The van der Waals surface area contributed by atoms with E-state index in [0.29, 0.717) is 0 Å². The smallest absolute Gasteiger partial charge is 0.243 e. The average Bonchev–Trinajstić information content (AvgIpc) is 3.04. The average molecular weight is 244 g/mol. The molecule has 2 rings (SSSR count). The number of rotatable bonds is 3. The molecule has 0 aliphatic heterocycles. The minimum Gasteiger partial charge on any atom is -0.396 e. The Morgan fingerprint density at radius 3 is 2.56 bits per heavy atom. The fourth-order valence-corrected chi connectivity index (χ4v) is 2.93. The number of halogens is 1.